The smallest absolute Gasteiger partial charge is 0.136 e. The normalized spacial score (nSPS) is 12.7. The summed E-state index contributed by atoms with van der Waals surface area (Å²) in [5.41, 5.74) is 2.78. The zero-order valence-corrected chi connectivity index (χ0v) is 14.7. The Hall–Kier alpha value is -2.72. The van der Waals surface area contributed by atoms with Crippen LogP contribution in [0.3, 0.4) is 0 Å². The molecule has 0 amide bonds. The van der Waals surface area contributed by atoms with Crippen LogP contribution in [-0.4, -0.2) is 21.3 Å². The number of hydrogen-bond acceptors (Lipinski definition) is 3. The van der Waals surface area contributed by atoms with Crippen molar-refractivity contribution in [1.29, 1.82) is 0 Å². The fourth-order valence-corrected chi connectivity index (χ4v) is 2.86. The average molecular weight is 351 g/mol. The summed E-state index contributed by atoms with van der Waals surface area (Å²) < 4.78 is 14.0. The predicted octanol–water partition coefficient (Wildman–Crippen LogP) is 5.31. The topological polar surface area (TPSA) is 53.4 Å². The molecule has 0 spiro atoms. The number of halogens is 1. The number of aliphatic hydroxyl groups is 1. The first-order chi connectivity index (χ1) is 12.5. The van der Waals surface area contributed by atoms with Crippen molar-refractivity contribution in [3.8, 4) is 17.0 Å². The molecule has 1 unspecified atom stereocenters. The van der Waals surface area contributed by atoms with Gasteiger partial charge in [-0.25, -0.2) is 9.37 Å². The van der Waals surface area contributed by atoms with Crippen molar-refractivity contribution in [1.82, 2.24) is 4.98 Å². The van der Waals surface area contributed by atoms with Crippen LogP contribution in [0, 0.1) is 5.82 Å². The van der Waals surface area contributed by atoms with Crippen molar-refractivity contribution in [3.63, 3.8) is 0 Å². The Morgan fingerprint density at radius 3 is 2.73 bits per heavy atom. The average Bonchev–Trinajstić information content (AvgIpc) is 2.61. The van der Waals surface area contributed by atoms with E-state index in [-0.39, 0.29) is 11.9 Å². The number of pyridine rings is 1. The molecule has 0 bridgehead atoms. The van der Waals surface area contributed by atoms with E-state index < -0.39 is 5.82 Å². The van der Waals surface area contributed by atoms with E-state index in [4.69, 9.17) is 0 Å². The lowest BCUT2D eigenvalue weighted by Crippen LogP contribution is -1.97. The number of aliphatic hydroxyl groups excluding tert-OH is 1. The van der Waals surface area contributed by atoms with Crippen LogP contribution < -0.4 is 0 Å². The van der Waals surface area contributed by atoms with Crippen LogP contribution in [0.1, 0.15) is 31.7 Å². The summed E-state index contributed by atoms with van der Waals surface area (Å²) in [4.78, 5) is 4.53. The molecule has 3 nitrogen and oxygen atoms in total. The minimum atomic E-state index is -0.492. The summed E-state index contributed by atoms with van der Waals surface area (Å²) in [6, 6.07) is 13.7. The highest BCUT2D eigenvalue weighted by atomic mass is 19.1. The molecule has 0 saturated carbocycles. The number of benzene rings is 2. The third kappa shape index (κ3) is 4.46. The van der Waals surface area contributed by atoms with Crippen LogP contribution in [0.5, 0.6) is 5.75 Å². The maximum Gasteiger partial charge on any atom is 0.136 e. The van der Waals surface area contributed by atoms with Crippen LogP contribution in [-0.2, 0) is 0 Å². The zero-order chi connectivity index (χ0) is 18.5. The highest BCUT2D eigenvalue weighted by Gasteiger charge is 2.08. The van der Waals surface area contributed by atoms with E-state index in [9.17, 15) is 14.6 Å². The number of aromatic hydroxyl groups is 1. The van der Waals surface area contributed by atoms with Crippen molar-refractivity contribution in [2.45, 2.75) is 32.3 Å². The Kier molecular flexibility index (Phi) is 5.64. The standard InChI is InChI=1S/C22H22FNO2/c1-15(25)5-3-2-4-6-16-7-11-21-17(13-16)8-12-22(24-21)19-10-9-18(26)14-20(19)23/h4,6-15,25-26H,2-3,5H2,1H3. The number of aromatic nitrogens is 1. The largest absolute Gasteiger partial charge is 0.508 e. The SMILES string of the molecule is CC(O)CCCC=Cc1ccc2nc(-c3ccc(O)cc3F)ccc2c1. The number of fused-ring (bicyclic) bond motifs is 1. The first-order valence-electron chi connectivity index (χ1n) is 8.77. The monoisotopic (exact) mass is 351 g/mol. The predicted molar refractivity (Wildman–Crippen MR) is 103 cm³/mol. The number of phenolic OH excluding ortho intramolecular Hbond substituents is 1. The molecule has 0 saturated heterocycles. The van der Waals surface area contributed by atoms with Crippen LogP contribution in [0.25, 0.3) is 28.2 Å². The molecule has 1 aromatic heterocycles. The van der Waals surface area contributed by atoms with E-state index in [1.54, 1.807) is 13.0 Å². The van der Waals surface area contributed by atoms with Crippen molar-refractivity contribution in [2.24, 2.45) is 0 Å². The fraction of sp³-hybridized carbons (Fsp3) is 0.227. The maximum absolute atomic E-state index is 14.0. The molecule has 3 rings (SSSR count). The van der Waals surface area contributed by atoms with E-state index in [1.807, 2.05) is 24.3 Å². The summed E-state index contributed by atoms with van der Waals surface area (Å²) in [7, 11) is 0. The number of rotatable bonds is 6. The minimum Gasteiger partial charge on any atom is -0.508 e. The van der Waals surface area contributed by atoms with Gasteiger partial charge in [-0.2, -0.15) is 0 Å². The fourth-order valence-electron chi connectivity index (χ4n) is 2.86. The number of nitrogens with zero attached hydrogens (tertiary/aromatic N) is 1. The van der Waals surface area contributed by atoms with Gasteiger partial charge in [-0.15, -0.1) is 0 Å². The molecule has 0 fully saturated rings. The molecule has 2 N–H and O–H groups in total. The molecule has 134 valence electrons. The van der Waals surface area contributed by atoms with Gasteiger partial charge in [-0.3, -0.25) is 0 Å². The van der Waals surface area contributed by atoms with E-state index in [0.29, 0.717) is 11.3 Å². The first-order valence-corrected chi connectivity index (χ1v) is 8.77. The lowest BCUT2D eigenvalue weighted by atomic mass is 10.1. The summed E-state index contributed by atoms with van der Waals surface area (Å²) in [6.45, 7) is 1.80. The van der Waals surface area contributed by atoms with Gasteiger partial charge in [0.05, 0.1) is 17.3 Å². The number of hydrogen-bond donors (Lipinski definition) is 2. The van der Waals surface area contributed by atoms with Crippen molar-refractivity contribution in [3.05, 3.63) is 66.0 Å². The van der Waals surface area contributed by atoms with E-state index in [1.165, 1.54) is 12.1 Å². The number of phenols is 1. The second-order valence-corrected chi connectivity index (χ2v) is 6.50. The molecule has 0 aliphatic heterocycles. The summed E-state index contributed by atoms with van der Waals surface area (Å²) in [6.07, 6.45) is 6.63. The second kappa shape index (κ2) is 8.11. The van der Waals surface area contributed by atoms with Gasteiger partial charge in [0.2, 0.25) is 0 Å². The van der Waals surface area contributed by atoms with Gasteiger partial charge in [0.15, 0.2) is 0 Å². The molecule has 1 heterocycles. The molecular weight excluding hydrogens is 329 g/mol. The second-order valence-electron chi connectivity index (χ2n) is 6.50. The van der Waals surface area contributed by atoms with E-state index in [0.717, 1.165) is 41.8 Å². The maximum atomic E-state index is 14.0. The van der Waals surface area contributed by atoms with Crippen LogP contribution in [0.2, 0.25) is 0 Å². The van der Waals surface area contributed by atoms with Gasteiger partial charge in [0.1, 0.15) is 11.6 Å². The molecular formula is C22H22FNO2. The molecule has 0 aliphatic rings. The Balaban J connectivity index is 1.78. The third-order valence-electron chi connectivity index (χ3n) is 4.24. The zero-order valence-electron chi connectivity index (χ0n) is 14.7. The van der Waals surface area contributed by atoms with E-state index >= 15 is 0 Å². The highest BCUT2D eigenvalue weighted by Crippen LogP contribution is 2.26. The summed E-state index contributed by atoms with van der Waals surface area (Å²) in [5.74, 6) is -0.592. The van der Waals surface area contributed by atoms with Gasteiger partial charge in [0, 0.05) is 17.0 Å². The van der Waals surface area contributed by atoms with Crippen LogP contribution in [0.15, 0.2) is 54.6 Å². The highest BCUT2D eigenvalue weighted by molar-refractivity contribution is 5.83. The molecule has 3 aromatic rings. The van der Waals surface area contributed by atoms with Crippen LogP contribution in [0.4, 0.5) is 4.39 Å². The van der Waals surface area contributed by atoms with E-state index in [2.05, 4.69) is 17.1 Å². The molecule has 4 heteroatoms. The van der Waals surface area contributed by atoms with Gasteiger partial charge in [-0.05, 0) is 62.1 Å². The van der Waals surface area contributed by atoms with Crippen molar-refractivity contribution in [2.75, 3.05) is 0 Å². The molecule has 2 aromatic carbocycles. The van der Waals surface area contributed by atoms with Crippen molar-refractivity contribution >= 4 is 17.0 Å². The third-order valence-corrected chi connectivity index (χ3v) is 4.24. The summed E-state index contributed by atoms with van der Waals surface area (Å²) >= 11 is 0. The Morgan fingerprint density at radius 2 is 1.96 bits per heavy atom. The van der Waals surface area contributed by atoms with Gasteiger partial charge >= 0.3 is 0 Å². The lowest BCUT2D eigenvalue weighted by Gasteiger charge is -2.06. The Bertz CT molecular complexity index is 935. The van der Waals surface area contributed by atoms with Crippen molar-refractivity contribution < 1.29 is 14.6 Å². The lowest BCUT2D eigenvalue weighted by molar-refractivity contribution is 0.182. The minimum absolute atomic E-state index is 0.100. The Morgan fingerprint density at radius 1 is 1.12 bits per heavy atom. The quantitative estimate of drug-likeness (QED) is 0.592. The van der Waals surface area contributed by atoms with Gasteiger partial charge < -0.3 is 10.2 Å². The Labute approximate surface area is 152 Å². The van der Waals surface area contributed by atoms with Crippen LogP contribution >= 0.6 is 0 Å². The molecule has 0 radical (unpaired) electrons. The molecule has 26 heavy (non-hydrogen) atoms. The molecule has 0 aliphatic carbocycles. The number of unbranched alkanes of at least 4 members (excludes halogenated alkanes) is 1. The van der Waals surface area contributed by atoms with Gasteiger partial charge in [0.25, 0.3) is 0 Å². The number of allylic oxidation sites excluding steroid dienone is 1. The molecule has 1 atom stereocenters. The first kappa shape index (κ1) is 18.1. The summed E-state index contributed by atoms with van der Waals surface area (Å²) in [5, 5.41) is 19.6. The van der Waals surface area contributed by atoms with Gasteiger partial charge in [-0.1, -0.05) is 24.3 Å².